The van der Waals surface area contributed by atoms with E-state index in [-0.39, 0.29) is 18.1 Å². The first-order valence-corrected chi connectivity index (χ1v) is 8.82. The molecule has 0 radical (unpaired) electrons. The van der Waals surface area contributed by atoms with Crippen LogP contribution in [0.25, 0.3) is 0 Å². The maximum atomic E-state index is 12.5. The molecule has 3 rings (SSSR count). The Morgan fingerprint density at radius 2 is 1.85 bits per heavy atom. The van der Waals surface area contributed by atoms with E-state index in [1.165, 1.54) is 6.07 Å². The molecule has 0 aromatic heterocycles. The minimum Gasteiger partial charge on any atom is -0.482 e. The summed E-state index contributed by atoms with van der Waals surface area (Å²) in [6.07, 6.45) is 0. The lowest BCUT2D eigenvalue weighted by molar-refractivity contribution is -0.118. The van der Waals surface area contributed by atoms with Crippen LogP contribution in [0.2, 0.25) is 0 Å². The number of halogens is 2. The van der Waals surface area contributed by atoms with Crippen LogP contribution in [0.4, 0.5) is 20.2 Å². The molecule has 0 atom stereocenters. The van der Waals surface area contributed by atoms with Crippen LogP contribution in [0.3, 0.4) is 0 Å². The summed E-state index contributed by atoms with van der Waals surface area (Å²) in [6, 6.07) is 8.78. The number of benzene rings is 2. The number of ether oxygens (including phenoxy) is 1. The predicted molar refractivity (Wildman–Crippen MR) is 88.2 cm³/mol. The lowest BCUT2D eigenvalue weighted by Gasteiger charge is -2.18. The molecular formula is C16H12F2N2O5S. The summed E-state index contributed by atoms with van der Waals surface area (Å²) in [5.74, 6) is -3.97. The van der Waals surface area contributed by atoms with Crippen molar-refractivity contribution < 1.29 is 31.5 Å². The highest BCUT2D eigenvalue weighted by molar-refractivity contribution is 7.91. The van der Waals surface area contributed by atoms with Gasteiger partial charge in [-0.3, -0.25) is 9.59 Å². The lowest BCUT2D eigenvalue weighted by Crippen LogP contribution is -2.25. The fourth-order valence-electron chi connectivity index (χ4n) is 2.26. The van der Waals surface area contributed by atoms with Crippen LogP contribution in [-0.4, -0.2) is 32.6 Å². The Morgan fingerprint density at radius 1 is 1.15 bits per heavy atom. The van der Waals surface area contributed by atoms with Gasteiger partial charge in [-0.2, -0.15) is 8.78 Å². The van der Waals surface area contributed by atoms with Crippen LogP contribution in [0.5, 0.6) is 5.75 Å². The molecule has 0 saturated carbocycles. The van der Waals surface area contributed by atoms with E-state index in [4.69, 9.17) is 4.74 Å². The highest BCUT2D eigenvalue weighted by Crippen LogP contribution is 2.30. The average molecular weight is 382 g/mol. The van der Waals surface area contributed by atoms with Crippen molar-refractivity contribution in [3.8, 4) is 5.75 Å². The first-order valence-electron chi connectivity index (χ1n) is 7.27. The SMILES string of the molecule is O=C1COc2ccc(NC(=O)c3ccc(S(=O)(=O)C(F)F)cc3)cc2N1. The van der Waals surface area contributed by atoms with Gasteiger partial charge in [0.2, 0.25) is 9.84 Å². The summed E-state index contributed by atoms with van der Waals surface area (Å²) < 4.78 is 52.9. The third kappa shape index (κ3) is 3.49. The number of amides is 2. The summed E-state index contributed by atoms with van der Waals surface area (Å²) >= 11 is 0. The summed E-state index contributed by atoms with van der Waals surface area (Å²) in [7, 11) is -4.71. The third-order valence-electron chi connectivity index (χ3n) is 3.55. The molecule has 1 heterocycles. The monoisotopic (exact) mass is 382 g/mol. The minimum atomic E-state index is -4.71. The molecule has 136 valence electrons. The third-order valence-corrected chi connectivity index (χ3v) is 4.95. The van der Waals surface area contributed by atoms with E-state index in [1.807, 2.05) is 0 Å². The maximum Gasteiger partial charge on any atom is 0.341 e. The van der Waals surface area contributed by atoms with E-state index in [9.17, 15) is 26.8 Å². The van der Waals surface area contributed by atoms with Gasteiger partial charge in [-0.05, 0) is 42.5 Å². The van der Waals surface area contributed by atoms with E-state index in [1.54, 1.807) is 12.1 Å². The van der Waals surface area contributed by atoms with Gasteiger partial charge in [0.1, 0.15) is 5.75 Å². The van der Waals surface area contributed by atoms with Gasteiger partial charge in [-0.1, -0.05) is 0 Å². The number of hydrogen-bond donors (Lipinski definition) is 2. The molecule has 0 aliphatic carbocycles. The second-order valence-electron chi connectivity index (χ2n) is 5.33. The summed E-state index contributed by atoms with van der Waals surface area (Å²) in [4.78, 5) is 23.0. The Labute approximate surface area is 146 Å². The molecular weight excluding hydrogens is 370 g/mol. The number of rotatable bonds is 4. The van der Waals surface area contributed by atoms with Crippen molar-refractivity contribution in [1.82, 2.24) is 0 Å². The maximum absolute atomic E-state index is 12.5. The molecule has 2 aromatic carbocycles. The van der Waals surface area contributed by atoms with E-state index < -0.39 is 26.4 Å². The molecule has 0 spiro atoms. The largest absolute Gasteiger partial charge is 0.482 e. The number of fused-ring (bicyclic) bond motifs is 1. The van der Waals surface area contributed by atoms with Gasteiger partial charge in [0.05, 0.1) is 10.6 Å². The fourth-order valence-corrected chi connectivity index (χ4v) is 2.98. The van der Waals surface area contributed by atoms with Crippen LogP contribution in [0, 0.1) is 0 Å². The van der Waals surface area contributed by atoms with Gasteiger partial charge in [0.25, 0.3) is 11.8 Å². The number of alkyl halides is 2. The van der Waals surface area contributed by atoms with Gasteiger partial charge in [-0.25, -0.2) is 8.42 Å². The second-order valence-corrected chi connectivity index (χ2v) is 7.25. The van der Waals surface area contributed by atoms with Crippen molar-refractivity contribution >= 4 is 33.0 Å². The van der Waals surface area contributed by atoms with Crippen molar-refractivity contribution in [2.75, 3.05) is 17.2 Å². The van der Waals surface area contributed by atoms with Crippen molar-refractivity contribution in [3.05, 3.63) is 48.0 Å². The summed E-state index contributed by atoms with van der Waals surface area (Å²) in [5, 5.41) is 5.16. The fraction of sp³-hybridized carbons (Fsp3) is 0.125. The summed E-state index contributed by atoms with van der Waals surface area (Å²) in [6.45, 7) is -0.0907. The van der Waals surface area contributed by atoms with Gasteiger partial charge >= 0.3 is 5.76 Å². The van der Waals surface area contributed by atoms with Crippen LogP contribution in [0.1, 0.15) is 10.4 Å². The zero-order valence-electron chi connectivity index (χ0n) is 13.0. The van der Waals surface area contributed by atoms with Gasteiger partial charge in [0, 0.05) is 11.3 Å². The molecule has 2 aromatic rings. The standard InChI is InChI=1S/C16H12F2N2O5S/c17-16(18)26(23,24)11-4-1-9(2-5-11)15(22)19-10-3-6-13-12(7-10)20-14(21)8-25-13/h1-7,16H,8H2,(H,19,22)(H,20,21). The molecule has 1 aliphatic rings. The zero-order valence-corrected chi connectivity index (χ0v) is 13.8. The van der Waals surface area contributed by atoms with Crippen molar-refractivity contribution in [2.45, 2.75) is 10.7 Å². The van der Waals surface area contributed by atoms with Gasteiger partial charge < -0.3 is 15.4 Å². The van der Waals surface area contributed by atoms with Crippen molar-refractivity contribution in [2.24, 2.45) is 0 Å². The van der Waals surface area contributed by atoms with Crippen LogP contribution in [0.15, 0.2) is 47.4 Å². The average Bonchev–Trinajstić information content (AvgIpc) is 2.61. The van der Waals surface area contributed by atoms with Gasteiger partial charge in [-0.15, -0.1) is 0 Å². The Hall–Kier alpha value is -3.01. The predicted octanol–water partition coefficient (Wildman–Crippen LogP) is 2.27. The Bertz CT molecular complexity index is 975. The zero-order chi connectivity index (χ0) is 18.9. The molecule has 0 fully saturated rings. The number of sulfone groups is 1. The quantitative estimate of drug-likeness (QED) is 0.845. The molecule has 10 heteroatoms. The minimum absolute atomic E-state index is 0.0798. The molecule has 2 N–H and O–H groups in total. The van der Waals surface area contributed by atoms with Crippen molar-refractivity contribution in [1.29, 1.82) is 0 Å². The smallest absolute Gasteiger partial charge is 0.341 e. The molecule has 0 saturated heterocycles. The molecule has 0 bridgehead atoms. The first kappa shape index (κ1) is 17.8. The molecule has 0 unspecified atom stereocenters. The molecule has 26 heavy (non-hydrogen) atoms. The first-order chi connectivity index (χ1) is 12.3. The number of nitrogens with one attached hydrogen (secondary N) is 2. The van der Waals surface area contributed by atoms with E-state index >= 15 is 0 Å². The Balaban J connectivity index is 1.76. The topological polar surface area (TPSA) is 102 Å². The van der Waals surface area contributed by atoms with E-state index in [2.05, 4.69) is 10.6 Å². The van der Waals surface area contributed by atoms with Crippen molar-refractivity contribution in [3.63, 3.8) is 0 Å². The molecule has 1 aliphatic heterocycles. The van der Waals surface area contributed by atoms with Crippen LogP contribution >= 0.6 is 0 Å². The Kier molecular flexibility index (Phi) is 4.60. The number of carbonyl (C=O) groups is 2. The number of anilines is 2. The van der Waals surface area contributed by atoms with Gasteiger partial charge in [0.15, 0.2) is 6.61 Å². The molecule has 2 amide bonds. The van der Waals surface area contributed by atoms with E-state index in [0.717, 1.165) is 24.3 Å². The number of hydrogen-bond acceptors (Lipinski definition) is 5. The van der Waals surface area contributed by atoms with Crippen LogP contribution < -0.4 is 15.4 Å². The normalized spacial score (nSPS) is 13.6. The lowest BCUT2D eigenvalue weighted by atomic mass is 10.2. The highest BCUT2D eigenvalue weighted by Gasteiger charge is 2.26. The van der Waals surface area contributed by atoms with E-state index in [0.29, 0.717) is 17.1 Å². The number of carbonyl (C=O) groups excluding carboxylic acids is 2. The highest BCUT2D eigenvalue weighted by atomic mass is 32.2. The molecule has 7 nitrogen and oxygen atoms in total. The second kappa shape index (κ2) is 6.71. The summed E-state index contributed by atoms with van der Waals surface area (Å²) in [5.41, 5.74) is 0.845. The Morgan fingerprint density at radius 3 is 2.50 bits per heavy atom. The van der Waals surface area contributed by atoms with Crippen LogP contribution in [-0.2, 0) is 14.6 Å².